The summed E-state index contributed by atoms with van der Waals surface area (Å²) < 4.78 is 2.78. The molecule has 0 N–H and O–H groups in total. The Morgan fingerprint density at radius 2 is 0.771 bits per heavy atom. The second-order valence-corrected chi connectivity index (χ2v) is 35.1. The first kappa shape index (κ1) is 75.5. The fraction of sp³-hybridized carbons (Fsp3) is 0.624. The number of unbranched alkanes of at least 4 members (excludes halogenated alkanes) is 22. The molecule has 524 valence electrons. The average molecular weight is 1380 g/mol. The van der Waals surface area contributed by atoms with Crippen molar-refractivity contribution < 1.29 is 9.59 Å². The molecule has 0 radical (unpaired) electrons. The minimum atomic E-state index is -0.0242. The number of rotatable bonds is 44. The molecule has 0 aliphatic carbocycles. The van der Waals surface area contributed by atoms with Crippen LogP contribution in [0.5, 0.6) is 0 Å². The van der Waals surface area contributed by atoms with Gasteiger partial charge in [-0.25, -0.2) is 9.97 Å². The number of aromatic nitrogens is 3. The van der Waals surface area contributed by atoms with E-state index in [1.165, 1.54) is 216 Å². The molecule has 7 aromatic rings. The van der Waals surface area contributed by atoms with E-state index in [-0.39, 0.29) is 22.6 Å². The topological polar surface area (TPSA) is 71.3 Å². The standard InChI is InChI=1S/C85H123N5O2S4/c1-13-19-25-31-33-37-43-61(41-35-27-21-15-3)59-88-78(76-77(83(88)92)79(74-58-87-81(96-74)72-53-54-75(94-72)85(10,11)12)89(82(76)91)60-62(42-36-28-22-16-4)44-38-34-32-26-20-14-2)73-57-86-80(95-73)71-52-51-70(93-71)63-47-49-66-67-50-48-64(84(7,8)9)56-69(67)90(68(66)55-63)65(45-39-29-23-17-5)46-40-30-24-18-6/h47-58,61-62,65H,13-46,59-60H2,1-12H3. The lowest BCUT2D eigenvalue weighted by molar-refractivity contribution is -0.124. The lowest BCUT2D eigenvalue weighted by Crippen LogP contribution is -2.34. The first-order valence-corrected chi connectivity index (χ1v) is 42.1. The number of fused-ring (bicyclic) bond motifs is 4. The number of benzene rings is 2. The minimum absolute atomic E-state index is 0.0189. The molecule has 96 heavy (non-hydrogen) atoms. The minimum Gasteiger partial charge on any atom is -0.337 e. The molecule has 2 aliphatic rings. The fourth-order valence-corrected chi connectivity index (χ4v) is 19.3. The van der Waals surface area contributed by atoms with Crippen molar-refractivity contribution in [3.63, 3.8) is 0 Å². The van der Waals surface area contributed by atoms with E-state index in [4.69, 9.17) is 9.97 Å². The van der Waals surface area contributed by atoms with Gasteiger partial charge in [0.05, 0.1) is 47.6 Å². The summed E-state index contributed by atoms with van der Waals surface area (Å²) in [6, 6.07) is 24.0. The number of hydrogen-bond donors (Lipinski definition) is 0. The highest BCUT2D eigenvalue weighted by molar-refractivity contribution is 7.24. The summed E-state index contributed by atoms with van der Waals surface area (Å²) >= 11 is 6.93. The maximum Gasteiger partial charge on any atom is 0.261 e. The fourth-order valence-electron chi connectivity index (χ4n) is 15.1. The summed E-state index contributed by atoms with van der Waals surface area (Å²) in [6.45, 7) is 28.9. The third-order valence-electron chi connectivity index (χ3n) is 20.9. The van der Waals surface area contributed by atoms with Gasteiger partial charge in [0.25, 0.3) is 11.8 Å². The Morgan fingerprint density at radius 1 is 0.385 bits per heavy atom. The molecular formula is C85H123N5O2S4. The Labute approximate surface area is 597 Å². The summed E-state index contributed by atoms with van der Waals surface area (Å²) in [5, 5.41) is 4.57. The van der Waals surface area contributed by atoms with E-state index < -0.39 is 0 Å². The Morgan fingerprint density at radius 3 is 1.21 bits per heavy atom. The van der Waals surface area contributed by atoms with Gasteiger partial charge in [0.15, 0.2) is 0 Å². The molecule has 7 heterocycles. The number of carbonyl (C=O) groups excluding carboxylic acids is 2. The van der Waals surface area contributed by atoms with Crippen LogP contribution >= 0.6 is 45.3 Å². The van der Waals surface area contributed by atoms with Gasteiger partial charge in [-0.05, 0) is 109 Å². The third-order valence-corrected chi connectivity index (χ3v) is 25.9. The zero-order valence-corrected chi connectivity index (χ0v) is 65.1. The molecule has 0 spiro atoms. The number of thiazole rings is 2. The van der Waals surface area contributed by atoms with Crippen molar-refractivity contribution in [2.24, 2.45) is 11.8 Å². The SMILES string of the molecule is CCCCCCCCC(CCCCCC)CN1C(=O)C2=C(c3cnc(-c4ccc(C(C)(C)C)s4)s3)N(CC(CCCCCC)CCCCCCCC)C(=O)C2=C1c1cnc(-c2ccc(-c3ccc4c5ccc(C(C)(C)C)cc5n(C(CCCCCC)CCCCCC)c4c3)s2)s1. The van der Waals surface area contributed by atoms with Crippen LogP contribution in [0.1, 0.15) is 328 Å². The van der Waals surface area contributed by atoms with Gasteiger partial charge in [0.2, 0.25) is 0 Å². The van der Waals surface area contributed by atoms with Gasteiger partial charge in [0.1, 0.15) is 10.0 Å². The average Bonchev–Trinajstić information content (AvgIpc) is 1.56. The number of thiophene rings is 2. The van der Waals surface area contributed by atoms with Crippen LogP contribution in [-0.2, 0) is 20.4 Å². The Hall–Kier alpha value is -4.68. The van der Waals surface area contributed by atoms with E-state index in [1.54, 1.807) is 22.7 Å². The Balaban J connectivity index is 1.15. The molecule has 2 unspecified atom stereocenters. The van der Waals surface area contributed by atoms with Crippen LogP contribution in [0, 0.1) is 11.8 Å². The van der Waals surface area contributed by atoms with E-state index >= 15 is 9.59 Å². The maximum absolute atomic E-state index is 16.3. The molecule has 11 heteroatoms. The number of amides is 2. The predicted molar refractivity (Wildman–Crippen MR) is 421 cm³/mol. The molecule has 0 fully saturated rings. The molecule has 0 saturated carbocycles. The zero-order chi connectivity index (χ0) is 68.2. The van der Waals surface area contributed by atoms with Crippen LogP contribution in [0.4, 0.5) is 0 Å². The zero-order valence-electron chi connectivity index (χ0n) is 61.8. The van der Waals surface area contributed by atoms with Gasteiger partial charge < -0.3 is 14.4 Å². The summed E-state index contributed by atoms with van der Waals surface area (Å²) in [5.41, 5.74) is 8.13. The molecule has 2 aromatic carbocycles. The van der Waals surface area contributed by atoms with Crippen LogP contribution in [0.2, 0.25) is 0 Å². The van der Waals surface area contributed by atoms with E-state index in [0.29, 0.717) is 42.1 Å². The maximum atomic E-state index is 16.3. The molecule has 2 aliphatic heterocycles. The molecule has 2 amide bonds. The molecule has 7 nitrogen and oxygen atoms in total. The van der Waals surface area contributed by atoms with Crippen LogP contribution in [-0.4, -0.2) is 49.2 Å². The predicted octanol–water partition coefficient (Wildman–Crippen LogP) is 27.4. The summed E-state index contributed by atoms with van der Waals surface area (Å²) in [7, 11) is 0. The normalized spacial score (nSPS) is 14.6. The summed E-state index contributed by atoms with van der Waals surface area (Å²) in [5.74, 6) is 0.595. The van der Waals surface area contributed by atoms with Crippen LogP contribution in [0.15, 0.2) is 84.2 Å². The second kappa shape index (κ2) is 37.1. The smallest absolute Gasteiger partial charge is 0.261 e. The van der Waals surface area contributed by atoms with E-state index in [9.17, 15) is 0 Å². The lowest BCUT2D eigenvalue weighted by Gasteiger charge is -2.29. The first-order chi connectivity index (χ1) is 46.5. The third kappa shape index (κ3) is 19.4. The van der Waals surface area contributed by atoms with Crippen molar-refractivity contribution in [1.82, 2.24) is 24.3 Å². The monoisotopic (exact) mass is 1370 g/mol. The second-order valence-electron chi connectivity index (χ2n) is 30.9. The van der Waals surface area contributed by atoms with Crippen LogP contribution in [0.3, 0.4) is 0 Å². The van der Waals surface area contributed by atoms with Crippen molar-refractivity contribution in [3.05, 3.63) is 104 Å². The highest BCUT2D eigenvalue weighted by Gasteiger charge is 2.50. The van der Waals surface area contributed by atoms with Crippen molar-refractivity contribution in [2.45, 2.75) is 318 Å². The van der Waals surface area contributed by atoms with Gasteiger partial charge in [0, 0.05) is 57.6 Å². The molecule has 0 bridgehead atoms. The number of hydrogen-bond acceptors (Lipinski definition) is 8. The van der Waals surface area contributed by atoms with Crippen molar-refractivity contribution in [1.29, 1.82) is 0 Å². The van der Waals surface area contributed by atoms with Gasteiger partial charge in [-0.1, -0.05) is 287 Å². The molecule has 2 atom stereocenters. The lowest BCUT2D eigenvalue weighted by atomic mass is 9.86. The highest BCUT2D eigenvalue weighted by Crippen LogP contribution is 2.52. The van der Waals surface area contributed by atoms with Crippen LogP contribution in [0.25, 0.3) is 63.4 Å². The van der Waals surface area contributed by atoms with Gasteiger partial charge in [-0.15, -0.1) is 45.3 Å². The van der Waals surface area contributed by atoms with Gasteiger partial charge in [-0.2, -0.15) is 0 Å². The van der Waals surface area contributed by atoms with E-state index in [2.05, 4.69) is 158 Å². The van der Waals surface area contributed by atoms with Crippen molar-refractivity contribution in [3.8, 4) is 30.2 Å². The Bertz CT molecular complexity index is 3610. The number of nitrogens with zero attached hydrogens (tertiary/aromatic N) is 5. The van der Waals surface area contributed by atoms with Crippen LogP contribution < -0.4 is 0 Å². The van der Waals surface area contributed by atoms with Crippen molar-refractivity contribution >= 4 is 90.4 Å². The summed E-state index contributed by atoms with van der Waals surface area (Å²) in [4.78, 5) is 53.9. The largest absolute Gasteiger partial charge is 0.337 e. The van der Waals surface area contributed by atoms with Crippen molar-refractivity contribution in [2.75, 3.05) is 13.1 Å². The molecular weight excluding hydrogens is 1250 g/mol. The number of carbonyl (C=O) groups is 2. The van der Waals surface area contributed by atoms with E-state index in [1.807, 2.05) is 35.1 Å². The molecule has 5 aromatic heterocycles. The Kier molecular flexibility index (Phi) is 29.2. The first-order valence-electron chi connectivity index (χ1n) is 38.9. The summed E-state index contributed by atoms with van der Waals surface area (Å²) in [6.07, 6.45) is 45.4. The molecule has 0 saturated heterocycles. The molecule has 9 rings (SSSR count). The quantitative estimate of drug-likeness (QED) is 0.0357. The highest BCUT2D eigenvalue weighted by atomic mass is 32.1. The van der Waals surface area contributed by atoms with Gasteiger partial charge in [-0.3, -0.25) is 9.59 Å². The van der Waals surface area contributed by atoms with E-state index in [0.717, 1.165) is 85.9 Å². The van der Waals surface area contributed by atoms with Gasteiger partial charge >= 0.3 is 0 Å².